The number of carbonyl (C=O) groups is 2. The number of rotatable bonds is 3. The molecule has 2 aromatic rings. The Labute approximate surface area is 156 Å². The van der Waals surface area contributed by atoms with E-state index in [1.807, 2.05) is 29.2 Å². The van der Waals surface area contributed by atoms with Crippen molar-refractivity contribution < 1.29 is 9.59 Å². The van der Waals surface area contributed by atoms with Gasteiger partial charge in [-0.15, -0.1) is 0 Å². The van der Waals surface area contributed by atoms with Crippen LogP contribution in [0.1, 0.15) is 46.4 Å². The summed E-state index contributed by atoms with van der Waals surface area (Å²) < 4.78 is 0.852. The monoisotopic (exact) mass is 400 g/mol. The third kappa shape index (κ3) is 4.69. The van der Waals surface area contributed by atoms with Crippen LogP contribution in [0.25, 0.3) is 0 Å². The molecule has 0 saturated carbocycles. The molecule has 1 saturated heterocycles. The maximum Gasteiger partial charge on any atom is 0.255 e. The van der Waals surface area contributed by atoms with Crippen molar-refractivity contribution in [3.63, 3.8) is 0 Å². The Balaban J connectivity index is 1.72. The number of carbonyl (C=O) groups excluding carboxylic acids is 2. The summed E-state index contributed by atoms with van der Waals surface area (Å²) in [5.41, 5.74) is 1.82. The van der Waals surface area contributed by atoms with Crippen LogP contribution in [0.15, 0.2) is 53.0 Å². The molecule has 4 nitrogen and oxygen atoms in total. The molecule has 1 aliphatic rings. The van der Waals surface area contributed by atoms with E-state index in [1.165, 1.54) is 12.8 Å². The molecule has 0 unspecified atom stereocenters. The van der Waals surface area contributed by atoms with Gasteiger partial charge in [-0.2, -0.15) is 0 Å². The minimum atomic E-state index is -0.194. The molecular weight excluding hydrogens is 380 g/mol. The summed E-state index contributed by atoms with van der Waals surface area (Å²) >= 11 is 3.37. The largest absolute Gasteiger partial charge is 0.339 e. The summed E-state index contributed by atoms with van der Waals surface area (Å²) in [6, 6.07) is 14.4. The van der Waals surface area contributed by atoms with Crippen molar-refractivity contribution in [2.75, 3.05) is 18.4 Å². The van der Waals surface area contributed by atoms with Crippen LogP contribution < -0.4 is 5.32 Å². The number of hydrogen-bond donors (Lipinski definition) is 1. The SMILES string of the molecule is O=C(Nc1cccc(C(=O)N2CCCCCC2)c1)c1cccc(Br)c1. The van der Waals surface area contributed by atoms with Crippen molar-refractivity contribution in [2.24, 2.45) is 0 Å². The highest BCUT2D eigenvalue weighted by Crippen LogP contribution is 2.18. The Kier molecular flexibility index (Phi) is 5.87. The van der Waals surface area contributed by atoms with Crippen molar-refractivity contribution in [2.45, 2.75) is 25.7 Å². The van der Waals surface area contributed by atoms with Gasteiger partial charge in [0.1, 0.15) is 0 Å². The van der Waals surface area contributed by atoms with E-state index in [0.29, 0.717) is 16.8 Å². The molecule has 5 heteroatoms. The first-order valence-electron chi connectivity index (χ1n) is 8.60. The highest BCUT2D eigenvalue weighted by molar-refractivity contribution is 9.10. The zero-order valence-electron chi connectivity index (χ0n) is 14.0. The number of nitrogens with one attached hydrogen (secondary N) is 1. The number of halogens is 1. The second kappa shape index (κ2) is 8.30. The average molecular weight is 401 g/mol. The van der Waals surface area contributed by atoms with Crippen molar-refractivity contribution in [1.29, 1.82) is 0 Å². The predicted molar refractivity (Wildman–Crippen MR) is 103 cm³/mol. The lowest BCUT2D eigenvalue weighted by molar-refractivity contribution is 0.0761. The van der Waals surface area contributed by atoms with Crippen molar-refractivity contribution in [3.05, 3.63) is 64.1 Å². The van der Waals surface area contributed by atoms with Gasteiger partial charge in [0.25, 0.3) is 11.8 Å². The van der Waals surface area contributed by atoms with Gasteiger partial charge in [0.05, 0.1) is 0 Å². The second-order valence-corrected chi connectivity index (χ2v) is 7.17. The fraction of sp³-hybridized carbons (Fsp3) is 0.300. The Morgan fingerprint density at radius 3 is 2.28 bits per heavy atom. The first-order valence-corrected chi connectivity index (χ1v) is 9.39. The van der Waals surface area contributed by atoms with Gasteiger partial charge in [-0.3, -0.25) is 9.59 Å². The van der Waals surface area contributed by atoms with E-state index in [-0.39, 0.29) is 11.8 Å². The van der Waals surface area contributed by atoms with Gasteiger partial charge in [0.15, 0.2) is 0 Å². The lowest BCUT2D eigenvalue weighted by atomic mass is 10.1. The van der Waals surface area contributed by atoms with Gasteiger partial charge < -0.3 is 10.2 Å². The van der Waals surface area contributed by atoms with Gasteiger partial charge in [0, 0.05) is 34.4 Å². The summed E-state index contributed by atoms with van der Waals surface area (Å²) in [5, 5.41) is 2.87. The highest BCUT2D eigenvalue weighted by Gasteiger charge is 2.17. The number of anilines is 1. The molecule has 0 aliphatic carbocycles. The molecule has 2 aromatic carbocycles. The first kappa shape index (κ1) is 17.7. The first-order chi connectivity index (χ1) is 12.1. The maximum atomic E-state index is 12.7. The van der Waals surface area contributed by atoms with E-state index in [9.17, 15) is 9.59 Å². The molecule has 0 bridgehead atoms. The Bertz CT molecular complexity index is 768. The number of likely N-dealkylation sites (tertiary alicyclic amines) is 1. The number of hydrogen-bond acceptors (Lipinski definition) is 2. The lowest BCUT2D eigenvalue weighted by Crippen LogP contribution is -2.31. The van der Waals surface area contributed by atoms with Crippen LogP contribution >= 0.6 is 15.9 Å². The van der Waals surface area contributed by atoms with Crippen LogP contribution in [0, 0.1) is 0 Å². The van der Waals surface area contributed by atoms with Crippen LogP contribution in [-0.2, 0) is 0 Å². The van der Waals surface area contributed by atoms with Crippen LogP contribution in [0.2, 0.25) is 0 Å². The second-order valence-electron chi connectivity index (χ2n) is 6.25. The average Bonchev–Trinajstić information content (AvgIpc) is 2.90. The zero-order chi connectivity index (χ0) is 17.6. The van der Waals surface area contributed by atoms with Crippen molar-refractivity contribution >= 4 is 33.4 Å². The van der Waals surface area contributed by atoms with Crippen LogP contribution in [-0.4, -0.2) is 29.8 Å². The lowest BCUT2D eigenvalue weighted by Gasteiger charge is -2.20. The molecule has 25 heavy (non-hydrogen) atoms. The highest BCUT2D eigenvalue weighted by atomic mass is 79.9. The predicted octanol–water partition coefficient (Wildman–Crippen LogP) is 4.72. The Morgan fingerprint density at radius 2 is 1.56 bits per heavy atom. The van der Waals surface area contributed by atoms with Crippen LogP contribution in [0.4, 0.5) is 5.69 Å². The summed E-state index contributed by atoms with van der Waals surface area (Å²) in [7, 11) is 0. The standard InChI is InChI=1S/C20H21BrN2O2/c21-17-9-5-7-15(13-17)19(24)22-18-10-6-8-16(14-18)20(25)23-11-3-1-2-4-12-23/h5-10,13-14H,1-4,11-12H2,(H,22,24). The number of amides is 2. The van der Waals surface area contributed by atoms with Gasteiger partial charge in [-0.1, -0.05) is 40.9 Å². The van der Waals surface area contributed by atoms with Gasteiger partial charge in [-0.05, 0) is 49.2 Å². The Hall–Kier alpha value is -2.14. The van der Waals surface area contributed by atoms with Gasteiger partial charge in [-0.25, -0.2) is 0 Å². The van der Waals surface area contributed by atoms with Crippen LogP contribution in [0.3, 0.4) is 0 Å². The van der Waals surface area contributed by atoms with E-state index in [1.54, 1.807) is 24.3 Å². The molecule has 0 radical (unpaired) electrons. The third-order valence-corrected chi connectivity index (χ3v) is 4.84. The minimum absolute atomic E-state index is 0.0421. The van der Waals surface area contributed by atoms with E-state index >= 15 is 0 Å². The molecule has 1 N–H and O–H groups in total. The number of nitrogens with zero attached hydrogens (tertiary/aromatic N) is 1. The number of benzene rings is 2. The van der Waals surface area contributed by atoms with Gasteiger partial charge >= 0.3 is 0 Å². The van der Waals surface area contributed by atoms with Gasteiger partial charge in [0.2, 0.25) is 0 Å². The van der Waals surface area contributed by atoms with Crippen LogP contribution in [0.5, 0.6) is 0 Å². The summed E-state index contributed by atoms with van der Waals surface area (Å²) in [6.45, 7) is 1.63. The molecule has 2 amide bonds. The minimum Gasteiger partial charge on any atom is -0.339 e. The summed E-state index contributed by atoms with van der Waals surface area (Å²) in [5.74, 6) is -0.152. The summed E-state index contributed by atoms with van der Waals surface area (Å²) in [6.07, 6.45) is 4.50. The van der Waals surface area contributed by atoms with Crippen molar-refractivity contribution in [3.8, 4) is 0 Å². The molecule has 130 valence electrons. The molecule has 0 atom stereocenters. The Morgan fingerprint density at radius 1 is 0.880 bits per heavy atom. The molecule has 0 spiro atoms. The van der Waals surface area contributed by atoms with E-state index in [2.05, 4.69) is 21.2 Å². The molecule has 3 rings (SSSR count). The smallest absolute Gasteiger partial charge is 0.255 e. The fourth-order valence-corrected chi connectivity index (χ4v) is 3.42. The fourth-order valence-electron chi connectivity index (χ4n) is 3.02. The normalized spacial score (nSPS) is 14.7. The third-order valence-electron chi connectivity index (χ3n) is 4.35. The molecule has 1 aliphatic heterocycles. The molecule has 0 aromatic heterocycles. The quantitative estimate of drug-likeness (QED) is 0.809. The molecular formula is C20H21BrN2O2. The van der Waals surface area contributed by atoms with E-state index in [0.717, 1.165) is 30.4 Å². The summed E-state index contributed by atoms with van der Waals surface area (Å²) in [4.78, 5) is 27.0. The molecule has 1 heterocycles. The van der Waals surface area contributed by atoms with E-state index < -0.39 is 0 Å². The zero-order valence-corrected chi connectivity index (χ0v) is 15.6. The maximum absolute atomic E-state index is 12.7. The van der Waals surface area contributed by atoms with E-state index in [4.69, 9.17) is 0 Å². The van der Waals surface area contributed by atoms with Crippen molar-refractivity contribution in [1.82, 2.24) is 4.90 Å². The topological polar surface area (TPSA) is 49.4 Å². The molecule has 1 fully saturated rings.